The van der Waals surface area contributed by atoms with Crippen molar-refractivity contribution < 1.29 is 27.5 Å². The Bertz CT molecular complexity index is 1340. The fourth-order valence-electron chi connectivity index (χ4n) is 3.45. The van der Waals surface area contributed by atoms with Crippen molar-refractivity contribution in [2.75, 3.05) is 24.4 Å². The lowest BCUT2D eigenvalue weighted by atomic mass is 9.84. The number of hydrogen-bond acceptors (Lipinski definition) is 8. The van der Waals surface area contributed by atoms with Crippen LogP contribution in [-0.2, 0) is 19.4 Å². The summed E-state index contributed by atoms with van der Waals surface area (Å²) in [5.74, 6) is -2.72. The first-order chi connectivity index (χ1) is 16.5. The molecule has 0 bridgehead atoms. The van der Waals surface area contributed by atoms with E-state index in [1.807, 2.05) is 0 Å². The number of nitrogens with two attached hydrogens (primary N) is 1. The minimum Gasteiger partial charge on any atom is -0.467 e. The van der Waals surface area contributed by atoms with Gasteiger partial charge in [-0.1, -0.05) is 30.3 Å². The van der Waals surface area contributed by atoms with Gasteiger partial charge >= 0.3 is 5.97 Å². The fourth-order valence-corrected chi connectivity index (χ4v) is 4.15. The Balaban J connectivity index is 2.06. The molecule has 0 aliphatic heterocycles. The number of carbonyl (C=O) groups is 3. The zero-order valence-electron chi connectivity index (χ0n) is 19.2. The third kappa shape index (κ3) is 6.17. The number of anilines is 1. The number of Topliss-reactive ketones (excluding diaryl/α,β-unsaturated/α-hetero) is 1. The van der Waals surface area contributed by atoms with Gasteiger partial charge in [-0.15, -0.1) is 0 Å². The second-order valence-corrected chi connectivity index (χ2v) is 10.3. The molecule has 1 aromatic heterocycles. The molecule has 3 rings (SSSR count). The van der Waals surface area contributed by atoms with Crippen molar-refractivity contribution in [1.29, 1.82) is 0 Å². The predicted molar refractivity (Wildman–Crippen MR) is 132 cm³/mol. The lowest BCUT2D eigenvalue weighted by molar-refractivity contribution is -0.145. The minimum absolute atomic E-state index is 0.0805. The number of ketones is 1. The van der Waals surface area contributed by atoms with Crippen LogP contribution in [0.1, 0.15) is 27.1 Å². The van der Waals surface area contributed by atoms with Crippen LogP contribution in [0, 0.1) is 0 Å². The Kier molecular flexibility index (Phi) is 7.78. The SMILES string of the molecule is COC(=O)C(N)(CCS(C)(=O)=O)C(=O)c1ccc(NC(=O)c2cccnc2)cc1-c1ccccc1. The van der Waals surface area contributed by atoms with Crippen LogP contribution in [0.25, 0.3) is 11.1 Å². The molecule has 0 aliphatic carbocycles. The Hall–Kier alpha value is -3.89. The van der Waals surface area contributed by atoms with Crippen LogP contribution in [0.4, 0.5) is 5.69 Å². The molecule has 1 amide bonds. The van der Waals surface area contributed by atoms with Crippen LogP contribution in [0.2, 0.25) is 0 Å². The number of nitrogens with one attached hydrogen (secondary N) is 1. The van der Waals surface area contributed by atoms with Crippen molar-refractivity contribution >= 4 is 33.2 Å². The van der Waals surface area contributed by atoms with Crippen molar-refractivity contribution in [3.8, 4) is 11.1 Å². The van der Waals surface area contributed by atoms with E-state index in [0.29, 0.717) is 22.4 Å². The monoisotopic (exact) mass is 495 g/mol. The highest BCUT2D eigenvalue weighted by molar-refractivity contribution is 7.90. The van der Waals surface area contributed by atoms with Crippen molar-refractivity contribution in [1.82, 2.24) is 4.98 Å². The third-order valence-electron chi connectivity index (χ3n) is 5.35. The van der Waals surface area contributed by atoms with Crippen LogP contribution in [0.5, 0.6) is 0 Å². The summed E-state index contributed by atoms with van der Waals surface area (Å²) >= 11 is 0. The van der Waals surface area contributed by atoms with Crippen molar-refractivity contribution in [3.63, 3.8) is 0 Å². The normalized spacial score (nSPS) is 12.9. The second kappa shape index (κ2) is 10.6. The molecule has 9 nitrogen and oxygen atoms in total. The van der Waals surface area contributed by atoms with E-state index in [1.165, 1.54) is 18.3 Å². The van der Waals surface area contributed by atoms with E-state index in [1.54, 1.807) is 54.7 Å². The molecule has 0 fully saturated rings. The summed E-state index contributed by atoms with van der Waals surface area (Å²) in [5.41, 5.74) is 5.84. The quantitative estimate of drug-likeness (QED) is 0.262. The molecule has 3 N–H and O–H groups in total. The second-order valence-electron chi connectivity index (χ2n) is 7.99. The molecule has 1 unspecified atom stereocenters. The molecule has 0 aliphatic rings. The molecular weight excluding hydrogens is 470 g/mol. The molecule has 2 aromatic carbocycles. The first-order valence-electron chi connectivity index (χ1n) is 10.6. The number of rotatable bonds is 9. The maximum atomic E-state index is 13.6. The summed E-state index contributed by atoms with van der Waals surface area (Å²) in [6.45, 7) is 0. The molecule has 0 spiro atoms. The number of nitrogens with zero attached hydrogens (tertiary/aromatic N) is 1. The zero-order chi connectivity index (χ0) is 25.6. The number of benzene rings is 2. The van der Waals surface area contributed by atoms with Crippen molar-refractivity contribution in [3.05, 3.63) is 84.2 Å². The number of sulfone groups is 1. The van der Waals surface area contributed by atoms with E-state index in [4.69, 9.17) is 10.5 Å². The molecule has 1 heterocycles. The van der Waals surface area contributed by atoms with E-state index < -0.39 is 45.2 Å². The molecule has 3 aromatic rings. The minimum atomic E-state index is -3.52. The van der Waals surface area contributed by atoms with E-state index >= 15 is 0 Å². The van der Waals surface area contributed by atoms with E-state index in [2.05, 4.69) is 10.3 Å². The van der Waals surface area contributed by atoms with Gasteiger partial charge < -0.3 is 15.8 Å². The van der Waals surface area contributed by atoms with Crippen LogP contribution < -0.4 is 11.1 Å². The highest BCUT2D eigenvalue weighted by Crippen LogP contribution is 2.31. The molecule has 10 heteroatoms. The first-order valence-corrected chi connectivity index (χ1v) is 12.6. The maximum Gasteiger partial charge on any atom is 0.334 e. The maximum absolute atomic E-state index is 13.6. The molecule has 35 heavy (non-hydrogen) atoms. The average molecular weight is 496 g/mol. The lowest BCUT2D eigenvalue weighted by Gasteiger charge is -2.26. The van der Waals surface area contributed by atoms with Gasteiger partial charge in [0.15, 0.2) is 11.3 Å². The number of methoxy groups -OCH3 is 1. The molecule has 182 valence electrons. The standard InChI is InChI=1S/C25H25N3O6S/c1-34-24(31)25(26,12-14-35(2,32)33)22(29)20-11-10-19(15-21(20)17-7-4-3-5-8-17)28-23(30)18-9-6-13-27-16-18/h3-11,13,15-16H,12,14,26H2,1-2H3,(H,28,30). The van der Waals surface area contributed by atoms with E-state index in [0.717, 1.165) is 13.4 Å². The van der Waals surface area contributed by atoms with Gasteiger partial charge in [0.25, 0.3) is 5.91 Å². The predicted octanol–water partition coefficient (Wildman–Crippen LogP) is 2.49. The smallest absolute Gasteiger partial charge is 0.334 e. The number of carbonyl (C=O) groups excluding carboxylic acids is 3. The number of hydrogen-bond donors (Lipinski definition) is 2. The topological polar surface area (TPSA) is 146 Å². The van der Waals surface area contributed by atoms with E-state index in [-0.39, 0.29) is 5.56 Å². The zero-order valence-corrected chi connectivity index (χ0v) is 20.0. The highest BCUT2D eigenvalue weighted by Gasteiger charge is 2.44. The van der Waals surface area contributed by atoms with Gasteiger partial charge in [-0.25, -0.2) is 13.2 Å². The molecule has 1 atom stereocenters. The summed E-state index contributed by atoms with van der Waals surface area (Å²) in [7, 11) is -2.44. The first kappa shape index (κ1) is 25.7. The van der Waals surface area contributed by atoms with Gasteiger partial charge in [-0.2, -0.15) is 0 Å². The number of amides is 1. The van der Waals surface area contributed by atoms with Crippen LogP contribution in [-0.4, -0.2) is 55.7 Å². The lowest BCUT2D eigenvalue weighted by Crippen LogP contribution is -2.56. The van der Waals surface area contributed by atoms with Crippen LogP contribution >= 0.6 is 0 Å². The summed E-state index contributed by atoms with van der Waals surface area (Å²) in [6, 6.07) is 16.6. The van der Waals surface area contributed by atoms with Gasteiger partial charge in [0.05, 0.1) is 18.4 Å². The van der Waals surface area contributed by atoms with Crippen molar-refractivity contribution in [2.24, 2.45) is 5.73 Å². The molecule has 0 saturated carbocycles. The van der Waals surface area contributed by atoms with Gasteiger partial charge in [0, 0.05) is 29.9 Å². The van der Waals surface area contributed by atoms with E-state index in [9.17, 15) is 22.8 Å². The summed E-state index contributed by atoms with van der Waals surface area (Å²) in [4.78, 5) is 42.7. The average Bonchev–Trinajstić information content (AvgIpc) is 2.87. The van der Waals surface area contributed by atoms with Crippen molar-refractivity contribution in [2.45, 2.75) is 12.0 Å². The Morgan fingerprint density at radius 1 is 1.06 bits per heavy atom. The van der Waals surface area contributed by atoms with Gasteiger partial charge in [-0.05, 0) is 47.9 Å². The number of pyridine rings is 1. The van der Waals surface area contributed by atoms with Crippen LogP contribution in [0.3, 0.4) is 0 Å². The highest BCUT2D eigenvalue weighted by atomic mass is 32.2. The number of aromatic nitrogens is 1. The summed E-state index contributed by atoms with van der Waals surface area (Å²) in [5, 5.41) is 2.76. The Morgan fingerprint density at radius 2 is 1.77 bits per heavy atom. The molecule has 0 saturated heterocycles. The third-order valence-corrected chi connectivity index (χ3v) is 6.30. The summed E-state index contributed by atoms with van der Waals surface area (Å²) < 4.78 is 28.2. The number of esters is 1. The van der Waals surface area contributed by atoms with Gasteiger partial charge in [-0.3, -0.25) is 14.6 Å². The van der Waals surface area contributed by atoms with Gasteiger partial charge in [0.2, 0.25) is 0 Å². The summed E-state index contributed by atoms with van der Waals surface area (Å²) in [6.07, 6.45) is 3.51. The number of ether oxygens (including phenoxy) is 1. The Morgan fingerprint density at radius 3 is 2.37 bits per heavy atom. The van der Waals surface area contributed by atoms with Gasteiger partial charge in [0.1, 0.15) is 9.84 Å². The molecule has 0 radical (unpaired) electrons. The van der Waals surface area contributed by atoms with Crippen LogP contribution in [0.15, 0.2) is 73.1 Å². The molecular formula is C25H25N3O6S. The fraction of sp³-hybridized carbons (Fsp3) is 0.200. The Labute approximate surface area is 203 Å². The largest absolute Gasteiger partial charge is 0.467 e.